The molecule has 30 heavy (non-hydrogen) atoms. The number of rotatable bonds is 6. The summed E-state index contributed by atoms with van der Waals surface area (Å²) in [7, 11) is 1.67. The number of benzene rings is 2. The predicted molar refractivity (Wildman–Crippen MR) is 119 cm³/mol. The third-order valence-electron chi connectivity index (χ3n) is 5.12. The molecule has 0 unspecified atom stereocenters. The highest BCUT2D eigenvalue weighted by molar-refractivity contribution is 7.09. The summed E-state index contributed by atoms with van der Waals surface area (Å²) in [5.41, 5.74) is 2.67. The van der Waals surface area contributed by atoms with Gasteiger partial charge in [-0.2, -0.15) is 0 Å². The number of methoxy groups -OCH3 is 1. The van der Waals surface area contributed by atoms with Crippen LogP contribution in [-0.2, 0) is 6.61 Å². The molecule has 1 fully saturated rings. The van der Waals surface area contributed by atoms with E-state index in [2.05, 4.69) is 16.0 Å². The fraction of sp³-hybridized carbons (Fsp3) is 0.304. The standard InChI is InChI=1S/C23H25N3O3S/c1-17-24-19(16-30-17)15-29-22-8-3-5-18(13-22)23(27)26-11-9-25(10-12-26)20-6-4-7-21(14-20)28-2/h3-8,13-14,16H,9-12,15H2,1-2H3. The van der Waals surface area contributed by atoms with E-state index >= 15 is 0 Å². The molecule has 0 saturated carbocycles. The minimum absolute atomic E-state index is 0.0373. The van der Waals surface area contributed by atoms with Gasteiger partial charge >= 0.3 is 0 Å². The number of thiazole rings is 1. The molecule has 2 heterocycles. The van der Waals surface area contributed by atoms with Crippen molar-refractivity contribution in [2.24, 2.45) is 0 Å². The van der Waals surface area contributed by atoms with Gasteiger partial charge in [0.1, 0.15) is 18.1 Å². The summed E-state index contributed by atoms with van der Waals surface area (Å²) in [5, 5.41) is 3.01. The Balaban J connectivity index is 1.35. The van der Waals surface area contributed by atoms with Gasteiger partial charge in [0.05, 0.1) is 17.8 Å². The highest BCUT2D eigenvalue weighted by atomic mass is 32.1. The Bertz CT molecular complexity index is 1010. The van der Waals surface area contributed by atoms with Crippen molar-refractivity contribution in [2.75, 3.05) is 38.2 Å². The summed E-state index contributed by atoms with van der Waals surface area (Å²) in [4.78, 5) is 21.6. The number of amides is 1. The summed E-state index contributed by atoms with van der Waals surface area (Å²) < 4.78 is 11.2. The van der Waals surface area contributed by atoms with Gasteiger partial charge in [0.2, 0.25) is 0 Å². The Labute approximate surface area is 180 Å². The highest BCUT2D eigenvalue weighted by Crippen LogP contribution is 2.23. The largest absolute Gasteiger partial charge is 0.497 e. The predicted octanol–water partition coefficient (Wildman–Crippen LogP) is 4.00. The van der Waals surface area contributed by atoms with Crippen molar-refractivity contribution in [1.29, 1.82) is 0 Å². The number of carbonyl (C=O) groups excluding carboxylic acids is 1. The molecule has 0 atom stereocenters. The fourth-order valence-corrected chi connectivity index (χ4v) is 4.11. The van der Waals surface area contributed by atoms with Crippen LogP contribution in [0, 0.1) is 6.92 Å². The van der Waals surface area contributed by atoms with Gasteiger partial charge in [-0.3, -0.25) is 4.79 Å². The number of anilines is 1. The third kappa shape index (κ3) is 4.74. The zero-order chi connectivity index (χ0) is 20.9. The molecule has 2 aromatic carbocycles. The minimum Gasteiger partial charge on any atom is -0.497 e. The molecule has 7 heteroatoms. The highest BCUT2D eigenvalue weighted by Gasteiger charge is 2.23. The molecule has 0 N–H and O–H groups in total. The molecule has 1 aliphatic rings. The Hall–Kier alpha value is -3.06. The van der Waals surface area contributed by atoms with Gasteiger partial charge in [0.25, 0.3) is 5.91 Å². The van der Waals surface area contributed by atoms with Crippen molar-refractivity contribution < 1.29 is 14.3 Å². The number of piperazine rings is 1. The van der Waals surface area contributed by atoms with Crippen LogP contribution in [-0.4, -0.2) is 49.1 Å². The number of aromatic nitrogens is 1. The zero-order valence-electron chi connectivity index (χ0n) is 17.2. The van der Waals surface area contributed by atoms with E-state index in [1.54, 1.807) is 18.4 Å². The molecule has 1 amide bonds. The smallest absolute Gasteiger partial charge is 0.254 e. The molecule has 1 aliphatic heterocycles. The third-order valence-corrected chi connectivity index (χ3v) is 5.94. The second-order valence-electron chi connectivity index (χ2n) is 7.16. The van der Waals surface area contributed by atoms with Crippen LogP contribution in [0.2, 0.25) is 0 Å². The number of hydrogen-bond acceptors (Lipinski definition) is 6. The first-order valence-electron chi connectivity index (χ1n) is 9.94. The van der Waals surface area contributed by atoms with E-state index in [1.165, 1.54) is 0 Å². The Morgan fingerprint density at radius 1 is 1.07 bits per heavy atom. The molecular weight excluding hydrogens is 398 g/mol. The normalized spacial score (nSPS) is 13.9. The van der Waals surface area contributed by atoms with Crippen LogP contribution in [0.5, 0.6) is 11.5 Å². The van der Waals surface area contributed by atoms with E-state index in [9.17, 15) is 4.79 Å². The quantitative estimate of drug-likeness (QED) is 0.600. The lowest BCUT2D eigenvalue weighted by Crippen LogP contribution is -2.48. The van der Waals surface area contributed by atoms with Crippen LogP contribution in [0.1, 0.15) is 21.1 Å². The maximum absolute atomic E-state index is 13.0. The summed E-state index contributed by atoms with van der Waals surface area (Å²) in [6.07, 6.45) is 0. The van der Waals surface area contributed by atoms with E-state index in [0.717, 1.165) is 35.2 Å². The Morgan fingerprint density at radius 2 is 1.83 bits per heavy atom. The first-order chi connectivity index (χ1) is 14.6. The molecule has 0 spiro atoms. The van der Waals surface area contributed by atoms with Crippen LogP contribution in [0.15, 0.2) is 53.9 Å². The van der Waals surface area contributed by atoms with Crippen molar-refractivity contribution in [3.05, 3.63) is 70.2 Å². The fourth-order valence-electron chi connectivity index (χ4n) is 3.51. The van der Waals surface area contributed by atoms with Crippen LogP contribution < -0.4 is 14.4 Å². The summed E-state index contributed by atoms with van der Waals surface area (Å²) >= 11 is 1.60. The first-order valence-corrected chi connectivity index (χ1v) is 10.8. The van der Waals surface area contributed by atoms with E-state index in [0.29, 0.717) is 31.0 Å². The molecular formula is C23H25N3O3S. The molecule has 1 saturated heterocycles. The van der Waals surface area contributed by atoms with Gasteiger partial charge in [-0.05, 0) is 37.3 Å². The lowest BCUT2D eigenvalue weighted by molar-refractivity contribution is 0.0746. The van der Waals surface area contributed by atoms with Crippen LogP contribution in [0.25, 0.3) is 0 Å². The number of carbonyl (C=O) groups is 1. The monoisotopic (exact) mass is 423 g/mol. The average Bonchev–Trinajstić information content (AvgIpc) is 3.22. The molecule has 0 aliphatic carbocycles. The van der Waals surface area contributed by atoms with Crippen LogP contribution >= 0.6 is 11.3 Å². The van der Waals surface area contributed by atoms with Gasteiger partial charge in [-0.15, -0.1) is 11.3 Å². The SMILES string of the molecule is COc1cccc(N2CCN(C(=O)c3cccc(OCc4csc(C)n4)c3)CC2)c1. The van der Waals surface area contributed by atoms with Gasteiger partial charge in [0.15, 0.2) is 0 Å². The van der Waals surface area contributed by atoms with Gasteiger partial charge in [0, 0.05) is 48.9 Å². The average molecular weight is 424 g/mol. The van der Waals surface area contributed by atoms with Crippen molar-refractivity contribution in [3.63, 3.8) is 0 Å². The Morgan fingerprint density at radius 3 is 2.57 bits per heavy atom. The number of nitrogens with zero attached hydrogens (tertiary/aromatic N) is 3. The molecule has 0 bridgehead atoms. The molecule has 1 aromatic heterocycles. The number of ether oxygens (including phenoxy) is 2. The van der Waals surface area contributed by atoms with Crippen molar-refractivity contribution >= 4 is 22.9 Å². The Kier molecular flexibility index (Phi) is 6.18. The second-order valence-corrected chi connectivity index (χ2v) is 8.22. The van der Waals surface area contributed by atoms with Crippen molar-refractivity contribution in [2.45, 2.75) is 13.5 Å². The molecule has 0 radical (unpaired) electrons. The summed E-state index contributed by atoms with van der Waals surface area (Å²) in [6.45, 7) is 5.32. The van der Waals surface area contributed by atoms with Gasteiger partial charge in [-0.1, -0.05) is 12.1 Å². The first kappa shape index (κ1) is 20.2. The lowest BCUT2D eigenvalue weighted by atomic mass is 10.1. The maximum atomic E-state index is 13.0. The number of aryl methyl sites for hydroxylation is 1. The summed E-state index contributed by atoms with van der Waals surface area (Å²) in [5.74, 6) is 1.56. The zero-order valence-corrected chi connectivity index (χ0v) is 18.0. The second kappa shape index (κ2) is 9.17. The van der Waals surface area contributed by atoms with Crippen molar-refractivity contribution in [1.82, 2.24) is 9.88 Å². The van der Waals surface area contributed by atoms with Gasteiger partial charge < -0.3 is 19.3 Å². The maximum Gasteiger partial charge on any atom is 0.254 e. The van der Waals surface area contributed by atoms with E-state index < -0.39 is 0 Å². The minimum atomic E-state index is 0.0373. The lowest BCUT2D eigenvalue weighted by Gasteiger charge is -2.36. The van der Waals surface area contributed by atoms with Gasteiger partial charge in [-0.25, -0.2) is 4.98 Å². The molecule has 3 aromatic rings. The topological polar surface area (TPSA) is 54.9 Å². The van der Waals surface area contributed by atoms with E-state index in [1.807, 2.05) is 59.7 Å². The molecule has 156 valence electrons. The van der Waals surface area contributed by atoms with E-state index in [4.69, 9.17) is 9.47 Å². The van der Waals surface area contributed by atoms with E-state index in [-0.39, 0.29) is 5.91 Å². The number of hydrogen-bond donors (Lipinski definition) is 0. The van der Waals surface area contributed by atoms with Crippen molar-refractivity contribution in [3.8, 4) is 11.5 Å². The summed E-state index contributed by atoms with van der Waals surface area (Å²) in [6, 6.07) is 15.4. The molecule has 4 rings (SSSR count). The van der Waals surface area contributed by atoms with Crippen LogP contribution in [0.3, 0.4) is 0 Å². The van der Waals surface area contributed by atoms with Crippen LogP contribution in [0.4, 0.5) is 5.69 Å². The molecule has 6 nitrogen and oxygen atoms in total.